The van der Waals surface area contributed by atoms with Gasteiger partial charge in [0.15, 0.2) is 0 Å². The number of carboxylic acids is 1. The van der Waals surface area contributed by atoms with E-state index in [0.29, 0.717) is 0 Å². The number of amides is 1. The first-order valence-electron chi connectivity index (χ1n) is 5.07. The molecule has 0 radical (unpaired) electrons. The zero-order valence-corrected chi connectivity index (χ0v) is 13.7. The summed E-state index contributed by atoms with van der Waals surface area (Å²) < 4.78 is 0. The number of hydrogen-bond acceptors (Lipinski definition) is 5. The van der Waals surface area contributed by atoms with Gasteiger partial charge in [-0.2, -0.15) is 0 Å². The van der Waals surface area contributed by atoms with Crippen LogP contribution in [0.3, 0.4) is 0 Å². The largest absolute Gasteiger partial charge is 1.00 e. The van der Waals surface area contributed by atoms with E-state index >= 15 is 0 Å². The Hall–Kier alpha value is 0.206. The van der Waals surface area contributed by atoms with Crippen molar-refractivity contribution in [3.8, 4) is 0 Å². The Labute approximate surface area is 146 Å². The molecule has 0 unspecified atom stereocenters. The van der Waals surface area contributed by atoms with Gasteiger partial charge in [0, 0.05) is 18.0 Å². The van der Waals surface area contributed by atoms with Crippen molar-refractivity contribution in [3.63, 3.8) is 0 Å². The number of carbonyl (C=O) groups is 2. The molecule has 2 rings (SSSR count). The van der Waals surface area contributed by atoms with Crippen LogP contribution in [0.4, 0.5) is 0 Å². The van der Waals surface area contributed by atoms with E-state index in [2.05, 4.69) is 4.98 Å². The zero-order chi connectivity index (χ0) is 11.7. The van der Waals surface area contributed by atoms with Crippen molar-refractivity contribution in [1.29, 1.82) is 0 Å². The fraction of sp³-hybridized carbons (Fsp3) is 0.500. The van der Waals surface area contributed by atoms with Gasteiger partial charge < -0.3 is 14.8 Å². The minimum absolute atomic E-state index is 0. The molecule has 0 aliphatic carbocycles. The Morgan fingerprint density at radius 1 is 1.59 bits per heavy atom. The first-order valence-corrected chi connectivity index (χ1v) is 5.95. The van der Waals surface area contributed by atoms with Gasteiger partial charge in [0.05, 0.1) is 0 Å². The predicted octanol–water partition coefficient (Wildman–Crippen LogP) is -2.86. The molecular weight excluding hydrogens is 267 g/mol. The van der Waals surface area contributed by atoms with Crippen LogP contribution in [0.2, 0.25) is 0 Å². The van der Waals surface area contributed by atoms with E-state index in [9.17, 15) is 14.7 Å². The maximum Gasteiger partial charge on any atom is 1.00 e. The molecule has 1 aromatic heterocycles. The van der Waals surface area contributed by atoms with Gasteiger partial charge in [-0.3, -0.25) is 4.79 Å². The van der Waals surface area contributed by atoms with Crippen molar-refractivity contribution < 1.29 is 66.1 Å². The van der Waals surface area contributed by atoms with Gasteiger partial charge in [0.1, 0.15) is 16.7 Å². The molecule has 1 aliphatic heterocycles. The third-order valence-corrected chi connectivity index (χ3v) is 3.53. The van der Waals surface area contributed by atoms with E-state index in [1.807, 2.05) is 6.92 Å². The van der Waals surface area contributed by atoms with Crippen LogP contribution in [0.5, 0.6) is 0 Å². The summed E-state index contributed by atoms with van der Waals surface area (Å²) in [5.41, 5.74) is 0.206. The molecule has 1 amide bonds. The predicted molar refractivity (Wildman–Crippen MR) is 56.2 cm³/mol. The van der Waals surface area contributed by atoms with E-state index < -0.39 is 5.97 Å². The number of likely N-dealkylation sites (tertiary alicyclic amines) is 1. The van der Waals surface area contributed by atoms with Gasteiger partial charge >= 0.3 is 51.4 Å². The second-order valence-corrected chi connectivity index (χ2v) is 4.67. The van der Waals surface area contributed by atoms with Gasteiger partial charge in [-0.15, -0.1) is 11.3 Å². The molecule has 0 spiro atoms. The molecule has 1 saturated heterocycles. The van der Waals surface area contributed by atoms with Crippen LogP contribution in [0.1, 0.15) is 40.1 Å². The summed E-state index contributed by atoms with van der Waals surface area (Å²) in [6.45, 7) is 2.70. The normalized spacial score (nSPS) is 18.9. The molecule has 0 N–H and O–H groups in total. The minimum Gasteiger partial charge on any atom is -0.542 e. The molecule has 2 heterocycles. The van der Waals surface area contributed by atoms with E-state index in [1.165, 1.54) is 5.38 Å². The molecule has 1 aromatic rings. The molecule has 5 nitrogen and oxygen atoms in total. The second kappa shape index (κ2) is 6.40. The van der Waals surface area contributed by atoms with Crippen molar-refractivity contribution in [3.05, 3.63) is 16.1 Å². The molecule has 1 atom stereocenters. The van der Waals surface area contributed by atoms with Gasteiger partial charge in [0.2, 0.25) is 0 Å². The van der Waals surface area contributed by atoms with Gasteiger partial charge in [-0.25, -0.2) is 4.98 Å². The Morgan fingerprint density at radius 2 is 2.29 bits per heavy atom. The number of rotatable bonds is 2. The molecule has 1 aliphatic rings. The van der Waals surface area contributed by atoms with E-state index in [-0.39, 0.29) is 74.0 Å². The van der Waals surface area contributed by atoms with Crippen molar-refractivity contribution in [2.45, 2.75) is 25.8 Å². The topological polar surface area (TPSA) is 73.3 Å². The van der Waals surface area contributed by atoms with Gasteiger partial charge in [0.25, 0.3) is 5.91 Å². The maximum atomic E-state index is 12.0. The summed E-state index contributed by atoms with van der Waals surface area (Å²) in [5, 5.41) is 11.9. The maximum absolute atomic E-state index is 12.0. The standard InChI is InChI=1S/C10H12N2O3S.K/c1-6-3-2-4-12(6)9(13)7-5-16-8(11-7)10(14)15;/h5-6H,2-4H2,1H3,(H,14,15);/q;+1/p-1/t6-;/m0./s1. The number of carbonyl (C=O) groups excluding carboxylic acids is 2. The Balaban J connectivity index is 0.00000144. The number of thiazole rings is 1. The SMILES string of the molecule is C[C@H]1CCCN1C(=O)c1csc(C(=O)[O-])n1.[K+]. The van der Waals surface area contributed by atoms with Crippen molar-refractivity contribution in [1.82, 2.24) is 9.88 Å². The molecule has 0 bridgehead atoms. The molecule has 0 saturated carbocycles. The first kappa shape index (κ1) is 15.3. The Bertz CT molecular complexity index is 435. The fourth-order valence-electron chi connectivity index (χ4n) is 1.85. The summed E-state index contributed by atoms with van der Waals surface area (Å²) in [6, 6.07) is 0.209. The van der Waals surface area contributed by atoms with Crippen LogP contribution in [-0.4, -0.2) is 34.3 Å². The third-order valence-electron chi connectivity index (χ3n) is 2.71. The molecular formula is C10H11KN2O3S. The smallest absolute Gasteiger partial charge is 0.542 e. The van der Waals surface area contributed by atoms with Crippen LogP contribution < -0.4 is 56.5 Å². The summed E-state index contributed by atoms with van der Waals surface area (Å²) >= 11 is 0.925. The van der Waals surface area contributed by atoms with E-state index in [0.717, 1.165) is 30.7 Å². The monoisotopic (exact) mass is 278 g/mol. The molecule has 1 fully saturated rings. The average Bonchev–Trinajstić information content (AvgIpc) is 2.84. The van der Waals surface area contributed by atoms with E-state index in [4.69, 9.17) is 0 Å². The average molecular weight is 278 g/mol. The minimum atomic E-state index is -1.33. The summed E-state index contributed by atoms with van der Waals surface area (Å²) in [5.74, 6) is -1.52. The molecule has 17 heavy (non-hydrogen) atoms. The molecule has 7 heteroatoms. The van der Waals surface area contributed by atoms with Gasteiger partial charge in [-0.1, -0.05) is 0 Å². The summed E-state index contributed by atoms with van der Waals surface area (Å²) in [7, 11) is 0. The Kier molecular flexibility index (Phi) is 5.74. The second-order valence-electron chi connectivity index (χ2n) is 3.82. The van der Waals surface area contributed by atoms with Crippen LogP contribution >= 0.6 is 11.3 Å². The molecule has 86 valence electrons. The van der Waals surface area contributed by atoms with Crippen molar-refractivity contribution in [2.75, 3.05) is 6.54 Å². The number of carboxylic acid groups (broad SMARTS) is 1. The Morgan fingerprint density at radius 3 is 2.76 bits per heavy atom. The van der Waals surface area contributed by atoms with Crippen LogP contribution in [0.25, 0.3) is 0 Å². The number of aromatic carboxylic acids is 1. The number of nitrogens with zero attached hydrogens (tertiary/aromatic N) is 2. The zero-order valence-electron chi connectivity index (χ0n) is 9.80. The van der Waals surface area contributed by atoms with Crippen LogP contribution in [-0.2, 0) is 0 Å². The van der Waals surface area contributed by atoms with Crippen LogP contribution in [0.15, 0.2) is 5.38 Å². The summed E-state index contributed by atoms with van der Waals surface area (Å²) in [4.78, 5) is 28.0. The number of hydrogen-bond donors (Lipinski definition) is 0. The van der Waals surface area contributed by atoms with Crippen molar-refractivity contribution in [2.24, 2.45) is 0 Å². The fourth-order valence-corrected chi connectivity index (χ4v) is 2.47. The number of aromatic nitrogens is 1. The van der Waals surface area contributed by atoms with Crippen LogP contribution in [0, 0.1) is 0 Å². The first-order chi connectivity index (χ1) is 7.59. The van der Waals surface area contributed by atoms with Gasteiger partial charge in [-0.05, 0) is 19.8 Å². The van der Waals surface area contributed by atoms with E-state index in [1.54, 1.807) is 4.90 Å². The molecule has 0 aromatic carbocycles. The van der Waals surface area contributed by atoms with Crippen molar-refractivity contribution >= 4 is 23.2 Å². The third kappa shape index (κ3) is 3.36. The summed E-state index contributed by atoms with van der Waals surface area (Å²) in [6.07, 6.45) is 1.98. The quantitative estimate of drug-likeness (QED) is 0.545.